The number of amides is 1. The molecule has 1 amide bonds. The Morgan fingerprint density at radius 1 is 1.17 bits per heavy atom. The van der Waals surface area contributed by atoms with Gasteiger partial charge in [0.1, 0.15) is 22.4 Å². The third-order valence-electron chi connectivity index (χ3n) is 4.35. The lowest BCUT2D eigenvalue weighted by Crippen LogP contribution is -2.46. The monoisotopic (exact) mass is 477 g/mol. The number of pyridine rings is 2. The van der Waals surface area contributed by atoms with Crippen LogP contribution in [0.15, 0.2) is 41.3 Å². The maximum absolute atomic E-state index is 13.1. The van der Waals surface area contributed by atoms with Gasteiger partial charge in [-0.05, 0) is 30.7 Å². The van der Waals surface area contributed by atoms with E-state index in [-0.39, 0.29) is 31.9 Å². The highest BCUT2D eigenvalue weighted by Crippen LogP contribution is 2.31. The average Bonchev–Trinajstić information content (AvgIpc) is 2.66. The van der Waals surface area contributed by atoms with Crippen LogP contribution in [-0.4, -0.2) is 27.7 Å². The second-order valence-electron chi connectivity index (χ2n) is 6.29. The first-order valence-electron chi connectivity index (χ1n) is 8.58. The number of aromatic nitrogens is 2. The number of alkyl halides is 3. The Balaban J connectivity index is 2.28. The number of hydrogen-bond donors (Lipinski definition) is 1. The number of nitrogens with zero attached hydrogens (tertiary/aromatic N) is 2. The van der Waals surface area contributed by atoms with Gasteiger partial charge in [-0.25, -0.2) is 4.98 Å². The van der Waals surface area contributed by atoms with Crippen LogP contribution in [0.3, 0.4) is 0 Å². The molecule has 0 aliphatic carbocycles. The van der Waals surface area contributed by atoms with Crippen molar-refractivity contribution >= 4 is 51.7 Å². The van der Waals surface area contributed by atoms with E-state index in [4.69, 9.17) is 34.8 Å². The molecule has 0 fully saturated rings. The summed E-state index contributed by atoms with van der Waals surface area (Å²) in [6.07, 6.45) is -4.01. The lowest BCUT2D eigenvalue weighted by Gasteiger charge is -2.20. The molecule has 0 saturated heterocycles. The van der Waals surface area contributed by atoms with Crippen LogP contribution in [0.2, 0.25) is 15.2 Å². The van der Waals surface area contributed by atoms with E-state index in [1.165, 1.54) is 35.8 Å². The molecule has 5 nitrogen and oxygen atoms in total. The van der Waals surface area contributed by atoms with Crippen LogP contribution in [0, 0.1) is 0 Å². The van der Waals surface area contributed by atoms with Gasteiger partial charge in [0.25, 0.3) is 5.91 Å². The number of para-hydroxylation sites is 1. The highest BCUT2D eigenvalue weighted by Gasteiger charge is 2.39. The van der Waals surface area contributed by atoms with E-state index in [0.29, 0.717) is 0 Å². The van der Waals surface area contributed by atoms with E-state index in [9.17, 15) is 22.8 Å². The Morgan fingerprint density at radius 2 is 1.80 bits per heavy atom. The molecule has 30 heavy (non-hydrogen) atoms. The van der Waals surface area contributed by atoms with Gasteiger partial charge in [-0.3, -0.25) is 14.2 Å². The fourth-order valence-electron chi connectivity index (χ4n) is 2.88. The van der Waals surface area contributed by atoms with Crippen molar-refractivity contribution in [2.75, 3.05) is 0 Å². The standard InChI is InChI=1S/C19H13Cl3F3N3O2/c1-2-13(19(23,24)25)26-18(30)10-8-28(15-11(20)4-3-5-12(15)21)17-9(16(10)29)6-7-14(22)27-17/h3-8,13H,2H2,1H3,(H,26,30)/t13-/m1/s1. The van der Waals surface area contributed by atoms with Crippen molar-refractivity contribution < 1.29 is 18.0 Å². The van der Waals surface area contributed by atoms with Gasteiger partial charge in [0.2, 0.25) is 5.43 Å². The molecule has 0 unspecified atom stereocenters. The highest BCUT2D eigenvalue weighted by atomic mass is 35.5. The minimum Gasteiger partial charge on any atom is -0.340 e. The molecule has 1 N–H and O–H groups in total. The third-order valence-corrected chi connectivity index (χ3v) is 5.17. The van der Waals surface area contributed by atoms with Crippen LogP contribution in [-0.2, 0) is 0 Å². The quantitative estimate of drug-likeness (QED) is 0.510. The topological polar surface area (TPSA) is 64.0 Å². The van der Waals surface area contributed by atoms with Crippen molar-refractivity contribution in [3.05, 3.63) is 67.5 Å². The molecular formula is C19H13Cl3F3N3O2. The van der Waals surface area contributed by atoms with Crippen LogP contribution < -0.4 is 10.7 Å². The maximum Gasteiger partial charge on any atom is 0.408 e. The van der Waals surface area contributed by atoms with Crippen LogP contribution in [0.5, 0.6) is 0 Å². The summed E-state index contributed by atoms with van der Waals surface area (Å²) < 4.78 is 40.5. The molecular weight excluding hydrogens is 466 g/mol. The van der Waals surface area contributed by atoms with Gasteiger partial charge in [0.05, 0.1) is 21.1 Å². The predicted molar refractivity (Wildman–Crippen MR) is 110 cm³/mol. The predicted octanol–water partition coefficient (Wildman–Crippen LogP) is 5.42. The number of hydrogen-bond acceptors (Lipinski definition) is 3. The number of carbonyl (C=O) groups excluding carboxylic acids is 1. The van der Waals surface area contributed by atoms with E-state index >= 15 is 0 Å². The Labute approximate surface area is 183 Å². The number of fused-ring (bicyclic) bond motifs is 1. The molecule has 11 heteroatoms. The Kier molecular flexibility index (Phi) is 6.31. The van der Waals surface area contributed by atoms with Crippen molar-refractivity contribution in [2.45, 2.75) is 25.6 Å². The fourth-order valence-corrected chi connectivity index (χ4v) is 3.61. The molecule has 0 radical (unpaired) electrons. The van der Waals surface area contributed by atoms with Gasteiger partial charge < -0.3 is 5.32 Å². The normalized spacial score (nSPS) is 12.8. The molecule has 0 saturated carbocycles. The molecule has 0 aliphatic rings. The second kappa shape index (κ2) is 8.45. The molecule has 0 aliphatic heterocycles. The molecule has 2 aromatic heterocycles. The van der Waals surface area contributed by atoms with E-state index in [0.717, 1.165) is 6.20 Å². The van der Waals surface area contributed by atoms with Gasteiger partial charge in [0, 0.05) is 6.20 Å². The van der Waals surface area contributed by atoms with Crippen LogP contribution in [0.25, 0.3) is 16.7 Å². The molecule has 2 heterocycles. The van der Waals surface area contributed by atoms with E-state index in [1.807, 2.05) is 5.32 Å². The SMILES string of the molecule is CC[C@@H](NC(=O)c1cn(-c2c(Cl)cccc2Cl)c2nc(Cl)ccc2c1=O)C(F)(F)F. The fraction of sp³-hybridized carbons (Fsp3) is 0.211. The van der Waals surface area contributed by atoms with Crippen molar-refractivity contribution in [1.82, 2.24) is 14.9 Å². The summed E-state index contributed by atoms with van der Waals surface area (Å²) in [7, 11) is 0. The number of benzene rings is 1. The van der Waals surface area contributed by atoms with Gasteiger partial charge in [-0.1, -0.05) is 47.8 Å². The highest BCUT2D eigenvalue weighted by molar-refractivity contribution is 6.38. The Morgan fingerprint density at radius 3 is 2.37 bits per heavy atom. The summed E-state index contributed by atoms with van der Waals surface area (Å²) >= 11 is 18.5. The lowest BCUT2D eigenvalue weighted by atomic mass is 10.1. The number of rotatable bonds is 4. The molecule has 0 bridgehead atoms. The summed E-state index contributed by atoms with van der Waals surface area (Å²) in [6.45, 7) is 1.27. The zero-order chi connectivity index (χ0) is 22.2. The van der Waals surface area contributed by atoms with Crippen LogP contribution >= 0.6 is 34.8 Å². The maximum atomic E-state index is 13.1. The second-order valence-corrected chi connectivity index (χ2v) is 7.49. The smallest absolute Gasteiger partial charge is 0.340 e. The Bertz CT molecular complexity index is 1180. The van der Waals surface area contributed by atoms with Crippen molar-refractivity contribution in [1.29, 1.82) is 0 Å². The first-order chi connectivity index (χ1) is 14.0. The number of nitrogens with one attached hydrogen (secondary N) is 1. The van der Waals surface area contributed by atoms with E-state index in [1.54, 1.807) is 6.07 Å². The molecule has 158 valence electrons. The minimum absolute atomic E-state index is 0.0388. The molecule has 1 atom stereocenters. The minimum atomic E-state index is -4.67. The summed E-state index contributed by atoms with van der Waals surface area (Å²) in [5.41, 5.74) is -1.09. The number of carbonyl (C=O) groups is 1. The lowest BCUT2D eigenvalue weighted by molar-refractivity contribution is -0.153. The molecule has 3 aromatic rings. The summed E-state index contributed by atoms with van der Waals surface area (Å²) in [6, 6.07) is 5.17. The summed E-state index contributed by atoms with van der Waals surface area (Å²) in [5.74, 6) is -1.18. The molecule has 3 rings (SSSR count). The van der Waals surface area contributed by atoms with Crippen LogP contribution in [0.4, 0.5) is 13.2 Å². The van der Waals surface area contributed by atoms with E-state index < -0.39 is 35.5 Å². The van der Waals surface area contributed by atoms with Gasteiger partial charge in [-0.15, -0.1) is 0 Å². The van der Waals surface area contributed by atoms with Crippen LogP contribution in [0.1, 0.15) is 23.7 Å². The zero-order valence-electron chi connectivity index (χ0n) is 15.2. The summed E-state index contributed by atoms with van der Waals surface area (Å²) in [5, 5.41) is 2.21. The zero-order valence-corrected chi connectivity index (χ0v) is 17.5. The average molecular weight is 479 g/mol. The third kappa shape index (κ3) is 4.26. The van der Waals surface area contributed by atoms with Gasteiger partial charge in [0.15, 0.2) is 0 Å². The first kappa shape index (κ1) is 22.4. The molecule has 1 aromatic carbocycles. The van der Waals surface area contributed by atoms with Gasteiger partial charge in [-0.2, -0.15) is 13.2 Å². The largest absolute Gasteiger partial charge is 0.408 e. The first-order valence-corrected chi connectivity index (χ1v) is 9.71. The Hall–Kier alpha value is -2.29. The van der Waals surface area contributed by atoms with Crippen molar-refractivity contribution in [3.63, 3.8) is 0 Å². The van der Waals surface area contributed by atoms with Crippen molar-refractivity contribution in [2.24, 2.45) is 0 Å². The summed E-state index contributed by atoms with van der Waals surface area (Å²) in [4.78, 5) is 29.6. The van der Waals surface area contributed by atoms with E-state index in [2.05, 4.69) is 4.98 Å². The van der Waals surface area contributed by atoms with Gasteiger partial charge >= 0.3 is 6.18 Å². The molecule has 0 spiro atoms. The number of halogens is 6. The van der Waals surface area contributed by atoms with Crippen molar-refractivity contribution in [3.8, 4) is 5.69 Å².